The molecule has 0 saturated heterocycles. The third kappa shape index (κ3) is 7.14. The van der Waals surface area contributed by atoms with Crippen LogP contribution in [0.4, 0.5) is 0 Å². The lowest BCUT2D eigenvalue weighted by Crippen LogP contribution is -2.18. The number of allylic oxidation sites excluding steroid dienone is 3. The van der Waals surface area contributed by atoms with Gasteiger partial charge in [-0.05, 0) is 43.9 Å². The molecule has 0 amide bonds. The highest BCUT2D eigenvalue weighted by molar-refractivity contribution is 4.87. The molecule has 2 heteroatoms. The molecule has 0 aliphatic heterocycles. The van der Waals surface area contributed by atoms with Crippen LogP contribution < -0.4 is 0 Å². The first-order valence-electron chi connectivity index (χ1n) is 6.31. The van der Waals surface area contributed by atoms with Crippen LogP contribution in [0.2, 0.25) is 0 Å². The maximum Gasteiger partial charge on any atom is 0.0771 e. The van der Waals surface area contributed by atoms with Crippen molar-refractivity contribution >= 4 is 0 Å². The second-order valence-corrected chi connectivity index (χ2v) is 4.51. The summed E-state index contributed by atoms with van der Waals surface area (Å²) in [6, 6.07) is 0. The second kappa shape index (κ2) is 10.3. The monoisotopic (exact) mass is 238 g/mol. The molecule has 0 bridgehead atoms. The summed E-state index contributed by atoms with van der Waals surface area (Å²) >= 11 is 0. The third-order valence-corrected chi connectivity index (χ3v) is 3.16. The van der Waals surface area contributed by atoms with Gasteiger partial charge >= 0.3 is 0 Å². The number of aliphatic hydroxyl groups is 2. The summed E-state index contributed by atoms with van der Waals surface area (Å²) in [6.45, 7) is 11.2. The van der Waals surface area contributed by atoms with E-state index >= 15 is 0 Å². The van der Waals surface area contributed by atoms with Crippen LogP contribution in [-0.4, -0.2) is 22.9 Å². The Kier molecular flexibility index (Phi) is 9.78. The topological polar surface area (TPSA) is 40.5 Å². The van der Waals surface area contributed by atoms with E-state index in [1.165, 1.54) is 0 Å². The van der Waals surface area contributed by atoms with Crippen molar-refractivity contribution in [1.82, 2.24) is 0 Å². The van der Waals surface area contributed by atoms with Gasteiger partial charge in [-0.1, -0.05) is 18.2 Å². The minimum atomic E-state index is -0.601. The van der Waals surface area contributed by atoms with Crippen LogP contribution in [-0.2, 0) is 0 Å². The van der Waals surface area contributed by atoms with Crippen LogP contribution in [0.3, 0.4) is 0 Å². The van der Waals surface area contributed by atoms with Gasteiger partial charge in [-0.3, -0.25) is 0 Å². The van der Waals surface area contributed by atoms with Gasteiger partial charge in [0.2, 0.25) is 0 Å². The van der Waals surface area contributed by atoms with E-state index in [0.29, 0.717) is 18.3 Å². The van der Waals surface area contributed by atoms with Gasteiger partial charge in [0.15, 0.2) is 0 Å². The Hall–Kier alpha value is -0.860. The van der Waals surface area contributed by atoms with Crippen molar-refractivity contribution in [2.24, 2.45) is 11.8 Å². The Morgan fingerprint density at radius 2 is 1.29 bits per heavy atom. The fourth-order valence-corrected chi connectivity index (χ4v) is 2.17. The molecule has 2 atom stereocenters. The molecular formula is C15H26O2. The van der Waals surface area contributed by atoms with E-state index in [0.717, 1.165) is 25.7 Å². The lowest BCUT2D eigenvalue weighted by molar-refractivity contribution is 0.0794. The van der Waals surface area contributed by atoms with Crippen molar-refractivity contribution in [1.29, 1.82) is 0 Å². The number of hydrogen-bond donors (Lipinski definition) is 2. The van der Waals surface area contributed by atoms with Gasteiger partial charge in [-0.2, -0.15) is 0 Å². The molecule has 2 nitrogen and oxygen atoms in total. The molecule has 0 radical (unpaired) electrons. The van der Waals surface area contributed by atoms with Gasteiger partial charge in [-0.15, -0.1) is 19.7 Å². The van der Waals surface area contributed by atoms with Crippen molar-refractivity contribution in [3.63, 3.8) is 0 Å². The molecule has 0 rings (SSSR count). The summed E-state index contributed by atoms with van der Waals surface area (Å²) < 4.78 is 0. The first-order chi connectivity index (χ1) is 8.19. The van der Waals surface area contributed by atoms with Crippen LogP contribution in [0.5, 0.6) is 0 Å². The second-order valence-electron chi connectivity index (χ2n) is 4.51. The molecule has 0 aromatic heterocycles. The zero-order chi connectivity index (χ0) is 13.1. The number of aliphatic hydroxyl groups excluding tert-OH is 2. The zero-order valence-electron chi connectivity index (χ0n) is 10.7. The van der Waals surface area contributed by atoms with E-state index in [1.807, 2.05) is 18.2 Å². The van der Waals surface area contributed by atoms with Crippen molar-refractivity contribution < 1.29 is 10.2 Å². The van der Waals surface area contributed by atoms with Crippen LogP contribution in [0, 0.1) is 11.8 Å². The van der Waals surface area contributed by atoms with E-state index in [9.17, 15) is 5.11 Å². The SMILES string of the molecule is C=CCC(CC=C)C(CC=C)CCC(O)CO. The van der Waals surface area contributed by atoms with Crippen molar-refractivity contribution in [3.05, 3.63) is 38.0 Å². The highest BCUT2D eigenvalue weighted by Gasteiger charge is 2.19. The summed E-state index contributed by atoms with van der Waals surface area (Å²) in [4.78, 5) is 0. The molecule has 0 aromatic rings. The molecule has 0 saturated carbocycles. The van der Waals surface area contributed by atoms with Gasteiger partial charge < -0.3 is 10.2 Å². The summed E-state index contributed by atoms with van der Waals surface area (Å²) in [5.41, 5.74) is 0. The maximum atomic E-state index is 9.40. The molecule has 98 valence electrons. The van der Waals surface area contributed by atoms with E-state index in [2.05, 4.69) is 19.7 Å². The standard InChI is InChI=1S/C15H26O2/c1-4-7-13(8-5-2)14(9-6-3)10-11-15(17)12-16/h4-6,13-17H,1-3,7-12H2. The minimum Gasteiger partial charge on any atom is -0.394 e. The van der Waals surface area contributed by atoms with Gasteiger partial charge in [0.25, 0.3) is 0 Å². The highest BCUT2D eigenvalue weighted by atomic mass is 16.3. The average Bonchev–Trinajstić information content (AvgIpc) is 2.33. The minimum absolute atomic E-state index is 0.158. The molecule has 0 aliphatic carbocycles. The lowest BCUT2D eigenvalue weighted by atomic mass is 9.81. The smallest absolute Gasteiger partial charge is 0.0771 e. The van der Waals surface area contributed by atoms with Crippen LogP contribution in [0.15, 0.2) is 38.0 Å². The Morgan fingerprint density at radius 1 is 0.824 bits per heavy atom. The van der Waals surface area contributed by atoms with E-state index < -0.39 is 6.10 Å². The van der Waals surface area contributed by atoms with E-state index in [4.69, 9.17) is 5.11 Å². The van der Waals surface area contributed by atoms with Crippen LogP contribution in [0.25, 0.3) is 0 Å². The Morgan fingerprint density at radius 3 is 1.71 bits per heavy atom. The summed E-state index contributed by atoms with van der Waals surface area (Å²) in [6.07, 6.45) is 9.59. The van der Waals surface area contributed by atoms with Gasteiger partial charge in [0.05, 0.1) is 12.7 Å². The first-order valence-corrected chi connectivity index (χ1v) is 6.31. The van der Waals surface area contributed by atoms with Crippen molar-refractivity contribution in [2.45, 2.75) is 38.2 Å². The Bertz CT molecular complexity index is 213. The predicted molar refractivity (Wildman–Crippen MR) is 73.7 cm³/mol. The van der Waals surface area contributed by atoms with E-state index in [1.54, 1.807) is 0 Å². The highest BCUT2D eigenvalue weighted by Crippen LogP contribution is 2.28. The summed E-state index contributed by atoms with van der Waals surface area (Å²) in [5.74, 6) is 0.985. The largest absolute Gasteiger partial charge is 0.394 e. The predicted octanol–water partition coefficient (Wildman–Crippen LogP) is 3.08. The normalized spacial score (nSPS) is 14.3. The molecule has 0 heterocycles. The summed E-state index contributed by atoms with van der Waals surface area (Å²) in [7, 11) is 0. The Balaban J connectivity index is 4.36. The molecule has 2 N–H and O–H groups in total. The first kappa shape index (κ1) is 16.1. The van der Waals surface area contributed by atoms with E-state index in [-0.39, 0.29) is 6.61 Å². The maximum absolute atomic E-state index is 9.40. The third-order valence-electron chi connectivity index (χ3n) is 3.16. The molecule has 0 aliphatic rings. The molecule has 0 fully saturated rings. The average molecular weight is 238 g/mol. The summed E-state index contributed by atoms with van der Waals surface area (Å²) in [5, 5.41) is 18.2. The molecule has 17 heavy (non-hydrogen) atoms. The molecule has 0 spiro atoms. The fourth-order valence-electron chi connectivity index (χ4n) is 2.17. The fraction of sp³-hybridized carbons (Fsp3) is 0.600. The molecule has 0 aromatic carbocycles. The van der Waals surface area contributed by atoms with Crippen molar-refractivity contribution in [3.8, 4) is 0 Å². The van der Waals surface area contributed by atoms with Gasteiger partial charge in [-0.25, -0.2) is 0 Å². The quantitative estimate of drug-likeness (QED) is 0.543. The lowest BCUT2D eigenvalue weighted by Gasteiger charge is -2.25. The molecular weight excluding hydrogens is 212 g/mol. The van der Waals surface area contributed by atoms with Crippen molar-refractivity contribution in [2.75, 3.05) is 6.61 Å². The molecule has 2 unspecified atom stereocenters. The number of hydrogen-bond acceptors (Lipinski definition) is 2. The Labute approximate surface area is 105 Å². The van der Waals surface area contributed by atoms with Gasteiger partial charge in [0.1, 0.15) is 0 Å². The van der Waals surface area contributed by atoms with Gasteiger partial charge in [0, 0.05) is 0 Å². The van der Waals surface area contributed by atoms with Crippen LogP contribution in [0.1, 0.15) is 32.1 Å². The van der Waals surface area contributed by atoms with Crippen LogP contribution >= 0.6 is 0 Å². The number of rotatable bonds is 11. The zero-order valence-corrected chi connectivity index (χ0v) is 10.7.